The Morgan fingerprint density at radius 1 is 1.11 bits per heavy atom. The number of amides is 3. The number of carbonyl (C=O) groups is 3. The van der Waals surface area contributed by atoms with Crippen LogP contribution in [-0.2, 0) is 14.3 Å². The molecule has 0 aliphatic heterocycles. The van der Waals surface area contributed by atoms with Crippen LogP contribution in [0.1, 0.15) is 57.7 Å². The fourth-order valence-electron chi connectivity index (χ4n) is 3.73. The number of aliphatic hydroxyl groups excluding tert-OH is 1. The van der Waals surface area contributed by atoms with Crippen molar-refractivity contribution in [2.75, 3.05) is 25.6 Å². The number of anilines is 1. The number of ether oxygens (including phenoxy) is 2. The first-order valence-corrected chi connectivity index (χ1v) is 12.5. The van der Waals surface area contributed by atoms with E-state index < -0.39 is 42.2 Å². The van der Waals surface area contributed by atoms with Crippen LogP contribution in [-0.4, -0.2) is 59.8 Å². The number of aliphatic hydroxyl groups is 1. The topological polar surface area (TPSA) is 117 Å². The second kappa shape index (κ2) is 14.1. The number of nitrogens with zero attached hydrogens (tertiary/aromatic N) is 1. The van der Waals surface area contributed by atoms with E-state index in [0.29, 0.717) is 29.0 Å². The van der Waals surface area contributed by atoms with Gasteiger partial charge in [0.2, 0.25) is 5.91 Å². The van der Waals surface area contributed by atoms with Crippen LogP contribution in [0.5, 0.6) is 5.75 Å². The van der Waals surface area contributed by atoms with Gasteiger partial charge in [-0.3, -0.25) is 9.59 Å². The Morgan fingerprint density at radius 2 is 1.76 bits per heavy atom. The Morgan fingerprint density at radius 3 is 2.32 bits per heavy atom. The zero-order valence-corrected chi connectivity index (χ0v) is 22.6. The summed E-state index contributed by atoms with van der Waals surface area (Å²) in [6.07, 6.45) is 6.19. The van der Waals surface area contributed by atoms with E-state index in [1.54, 1.807) is 76.4 Å². The summed E-state index contributed by atoms with van der Waals surface area (Å²) in [6, 6.07) is 11.1. The van der Waals surface area contributed by atoms with Gasteiger partial charge in [0.25, 0.3) is 5.91 Å². The molecule has 0 aliphatic rings. The quantitative estimate of drug-likeness (QED) is 0.385. The zero-order valence-electron chi connectivity index (χ0n) is 22.6. The van der Waals surface area contributed by atoms with Gasteiger partial charge < -0.3 is 30.1 Å². The molecule has 0 aliphatic carbocycles. The molecule has 2 unspecified atom stereocenters. The summed E-state index contributed by atoms with van der Waals surface area (Å²) in [5.41, 5.74) is 0.575. The highest BCUT2D eigenvalue weighted by atomic mass is 16.6. The molecule has 3 N–H and O–H groups in total. The van der Waals surface area contributed by atoms with E-state index in [0.717, 1.165) is 6.42 Å². The van der Waals surface area contributed by atoms with Crippen LogP contribution in [0, 0.1) is 12.3 Å². The third kappa shape index (κ3) is 8.53. The SMILES string of the molecule is C#Cc1ccccc1C(C(=O)Nc1ccc(OC)cc1)N(CCCC)C(=O)C(CO)NC(=O)OC(C)(C)C. The normalized spacial score (nSPS) is 12.4. The van der Waals surface area contributed by atoms with E-state index in [4.69, 9.17) is 15.9 Å². The first-order chi connectivity index (χ1) is 18.0. The molecule has 0 aromatic heterocycles. The van der Waals surface area contributed by atoms with Crippen molar-refractivity contribution in [3.05, 3.63) is 59.7 Å². The van der Waals surface area contributed by atoms with Crippen molar-refractivity contribution in [2.24, 2.45) is 0 Å². The monoisotopic (exact) mass is 523 g/mol. The average molecular weight is 524 g/mol. The number of benzene rings is 2. The average Bonchev–Trinajstić information content (AvgIpc) is 2.88. The standard InChI is InChI=1S/C29H37N3O6/c1-7-9-18-32(27(35)24(19-33)31-28(36)38-29(3,4)5)25(23-13-11-10-12-20(23)8-2)26(34)30-21-14-16-22(37-6)17-15-21/h2,10-17,24-25,33H,7,9,18-19H2,1,3-6H3,(H,30,34)(H,31,36). The zero-order chi connectivity index (χ0) is 28.3. The lowest BCUT2D eigenvalue weighted by Gasteiger charge is -2.34. The first kappa shape index (κ1) is 30.2. The molecule has 0 heterocycles. The minimum Gasteiger partial charge on any atom is -0.497 e. The molecule has 204 valence electrons. The molecule has 2 aromatic carbocycles. The van der Waals surface area contributed by atoms with Gasteiger partial charge >= 0.3 is 6.09 Å². The second-order valence-corrected chi connectivity index (χ2v) is 9.62. The van der Waals surface area contributed by atoms with E-state index in [1.807, 2.05) is 6.92 Å². The van der Waals surface area contributed by atoms with Crippen molar-refractivity contribution in [3.8, 4) is 18.1 Å². The minimum atomic E-state index is -1.34. The Hall–Kier alpha value is -4.03. The highest BCUT2D eigenvalue weighted by Crippen LogP contribution is 2.28. The molecule has 2 aromatic rings. The predicted octanol–water partition coefficient (Wildman–Crippen LogP) is 3.87. The van der Waals surface area contributed by atoms with Crippen LogP contribution < -0.4 is 15.4 Å². The molecule has 0 bridgehead atoms. The number of methoxy groups -OCH3 is 1. The van der Waals surface area contributed by atoms with Gasteiger partial charge in [-0.1, -0.05) is 37.5 Å². The molecule has 0 saturated carbocycles. The van der Waals surface area contributed by atoms with Crippen molar-refractivity contribution in [1.82, 2.24) is 10.2 Å². The van der Waals surface area contributed by atoms with Crippen LogP contribution in [0.3, 0.4) is 0 Å². The molecule has 9 nitrogen and oxygen atoms in total. The Kier molecular flexibility index (Phi) is 11.2. The van der Waals surface area contributed by atoms with Gasteiger partial charge in [-0.15, -0.1) is 6.42 Å². The van der Waals surface area contributed by atoms with Gasteiger partial charge in [0, 0.05) is 17.8 Å². The number of alkyl carbamates (subject to hydrolysis) is 1. The molecule has 0 spiro atoms. The summed E-state index contributed by atoms with van der Waals surface area (Å²) in [5.74, 6) is 2.06. The highest BCUT2D eigenvalue weighted by molar-refractivity contribution is 5.99. The maximum atomic E-state index is 13.8. The Balaban J connectivity index is 2.51. The molecule has 0 radical (unpaired) electrons. The molecule has 0 saturated heterocycles. The molecule has 9 heteroatoms. The molecule has 2 rings (SSSR count). The summed E-state index contributed by atoms with van der Waals surface area (Å²) in [6.45, 7) is 6.50. The largest absolute Gasteiger partial charge is 0.497 e. The number of hydrogen-bond donors (Lipinski definition) is 3. The van der Waals surface area contributed by atoms with Crippen LogP contribution >= 0.6 is 0 Å². The maximum Gasteiger partial charge on any atom is 0.408 e. The number of rotatable bonds is 11. The van der Waals surface area contributed by atoms with Crippen molar-refractivity contribution in [3.63, 3.8) is 0 Å². The van der Waals surface area contributed by atoms with Crippen molar-refractivity contribution in [1.29, 1.82) is 0 Å². The summed E-state index contributed by atoms with van der Waals surface area (Å²) in [4.78, 5) is 41.3. The van der Waals surface area contributed by atoms with Crippen molar-refractivity contribution < 1.29 is 29.0 Å². The predicted molar refractivity (Wildman–Crippen MR) is 146 cm³/mol. The number of terminal acetylenes is 1. The first-order valence-electron chi connectivity index (χ1n) is 12.5. The molecule has 0 fully saturated rings. The lowest BCUT2D eigenvalue weighted by molar-refractivity contribution is -0.141. The minimum absolute atomic E-state index is 0.182. The van der Waals surface area contributed by atoms with Crippen molar-refractivity contribution >= 4 is 23.6 Å². The van der Waals surface area contributed by atoms with Crippen LogP contribution in [0.4, 0.5) is 10.5 Å². The fourth-order valence-corrected chi connectivity index (χ4v) is 3.73. The van der Waals surface area contributed by atoms with Gasteiger partial charge in [-0.05, 0) is 63.1 Å². The Labute approximate surface area is 224 Å². The maximum absolute atomic E-state index is 13.8. The summed E-state index contributed by atoms with van der Waals surface area (Å²) >= 11 is 0. The number of hydrogen-bond acceptors (Lipinski definition) is 6. The molecule has 2 atom stereocenters. The summed E-state index contributed by atoms with van der Waals surface area (Å²) in [7, 11) is 1.54. The third-order valence-electron chi connectivity index (χ3n) is 5.54. The van der Waals surface area contributed by atoms with Crippen LogP contribution in [0.2, 0.25) is 0 Å². The number of unbranched alkanes of at least 4 members (excludes halogenated alkanes) is 1. The van der Waals surface area contributed by atoms with Gasteiger partial charge in [-0.25, -0.2) is 4.79 Å². The molecular weight excluding hydrogens is 486 g/mol. The lowest BCUT2D eigenvalue weighted by atomic mass is 9.97. The Bertz CT molecular complexity index is 1130. The van der Waals surface area contributed by atoms with Gasteiger partial charge in [0.05, 0.1) is 13.7 Å². The molecule has 38 heavy (non-hydrogen) atoms. The second-order valence-electron chi connectivity index (χ2n) is 9.62. The summed E-state index contributed by atoms with van der Waals surface area (Å²) in [5, 5.41) is 15.3. The van der Waals surface area contributed by atoms with Gasteiger partial charge in [-0.2, -0.15) is 0 Å². The van der Waals surface area contributed by atoms with Crippen LogP contribution in [0.15, 0.2) is 48.5 Å². The van der Waals surface area contributed by atoms with Crippen LogP contribution in [0.25, 0.3) is 0 Å². The van der Waals surface area contributed by atoms with Gasteiger partial charge in [0.15, 0.2) is 0 Å². The van der Waals surface area contributed by atoms with Gasteiger partial charge in [0.1, 0.15) is 23.4 Å². The fraction of sp³-hybridized carbons (Fsp3) is 0.414. The lowest BCUT2D eigenvalue weighted by Crippen LogP contribution is -2.54. The third-order valence-corrected chi connectivity index (χ3v) is 5.54. The van der Waals surface area contributed by atoms with E-state index in [9.17, 15) is 19.5 Å². The van der Waals surface area contributed by atoms with Crippen molar-refractivity contribution in [2.45, 2.75) is 58.2 Å². The summed E-state index contributed by atoms with van der Waals surface area (Å²) < 4.78 is 10.4. The van der Waals surface area contributed by atoms with E-state index in [1.165, 1.54) is 4.90 Å². The van der Waals surface area contributed by atoms with E-state index in [-0.39, 0.29) is 6.54 Å². The highest BCUT2D eigenvalue weighted by Gasteiger charge is 2.36. The van der Waals surface area contributed by atoms with E-state index in [2.05, 4.69) is 16.6 Å². The number of carbonyl (C=O) groups excluding carboxylic acids is 3. The molecular formula is C29H37N3O6. The smallest absolute Gasteiger partial charge is 0.408 e. The molecule has 3 amide bonds. The number of nitrogens with one attached hydrogen (secondary N) is 2. The van der Waals surface area contributed by atoms with E-state index >= 15 is 0 Å².